The quantitative estimate of drug-likeness (QED) is 0.832. The highest BCUT2D eigenvalue weighted by Gasteiger charge is 2.18. The number of aromatic nitrogens is 2. The van der Waals surface area contributed by atoms with Crippen molar-refractivity contribution in [2.45, 2.75) is 40.2 Å². The summed E-state index contributed by atoms with van der Waals surface area (Å²) in [5, 5.41) is 4.01. The Bertz CT molecular complexity index is 444. The first-order valence-electron chi connectivity index (χ1n) is 7.34. The third-order valence-electron chi connectivity index (χ3n) is 3.49. The smallest absolute Gasteiger partial charge is 0.240 e. The van der Waals surface area contributed by atoms with Crippen LogP contribution in [0.15, 0.2) is 4.52 Å². The summed E-state index contributed by atoms with van der Waals surface area (Å²) < 4.78 is 5.30. The van der Waals surface area contributed by atoms with Crippen molar-refractivity contribution in [2.75, 3.05) is 26.2 Å². The summed E-state index contributed by atoms with van der Waals surface area (Å²) in [7, 11) is 0. The van der Waals surface area contributed by atoms with Gasteiger partial charge in [-0.1, -0.05) is 19.0 Å². The van der Waals surface area contributed by atoms with Gasteiger partial charge in [0.2, 0.25) is 11.8 Å². The van der Waals surface area contributed by atoms with Gasteiger partial charge in [0, 0.05) is 39.5 Å². The van der Waals surface area contributed by atoms with Crippen LogP contribution in [0.4, 0.5) is 0 Å². The minimum Gasteiger partial charge on any atom is -0.342 e. The molecule has 112 valence electrons. The zero-order valence-electron chi connectivity index (χ0n) is 12.6. The first-order valence-corrected chi connectivity index (χ1v) is 7.34. The molecule has 0 saturated carbocycles. The van der Waals surface area contributed by atoms with Crippen LogP contribution in [0.1, 0.15) is 38.9 Å². The molecule has 0 bridgehead atoms. The van der Waals surface area contributed by atoms with Crippen molar-refractivity contribution in [2.24, 2.45) is 5.92 Å². The predicted molar refractivity (Wildman–Crippen MR) is 75.0 cm³/mol. The maximum absolute atomic E-state index is 11.4. The summed E-state index contributed by atoms with van der Waals surface area (Å²) in [5.74, 6) is 2.15. The number of carbonyl (C=O) groups excluding carboxylic acids is 1. The summed E-state index contributed by atoms with van der Waals surface area (Å²) in [5.41, 5.74) is 0. The molecule has 1 saturated heterocycles. The van der Waals surface area contributed by atoms with Crippen molar-refractivity contribution in [3.63, 3.8) is 0 Å². The monoisotopic (exact) mass is 280 g/mol. The van der Waals surface area contributed by atoms with Crippen molar-refractivity contribution in [1.29, 1.82) is 0 Å². The average Bonchev–Trinajstić information content (AvgIpc) is 2.65. The minimum absolute atomic E-state index is 0.156. The Hall–Kier alpha value is -1.43. The lowest BCUT2D eigenvalue weighted by Gasteiger charge is -2.19. The Kier molecular flexibility index (Phi) is 5.11. The molecule has 0 spiro atoms. The van der Waals surface area contributed by atoms with Gasteiger partial charge in [-0.2, -0.15) is 4.98 Å². The molecule has 1 aromatic heterocycles. The molecule has 0 atom stereocenters. The highest BCUT2D eigenvalue weighted by molar-refractivity contribution is 5.73. The third kappa shape index (κ3) is 4.30. The molecular formula is C14H24N4O2. The second kappa shape index (κ2) is 6.83. The zero-order valence-corrected chi connectivity index (χ0v) is 12.6. The lowest BCUT2D eigenvalue weighted by Crippen LogP contribution is -2.33. The predicted octanol–water partition coefficient (Wildman–Crippen LogP) is 1.32. The fraction of sp³-hybridized carbons (Fsp3) is 0.786. The molecule has 1 fully saturated rings. The molecule has 1 amide bonds. The van der Waals surface area contributed by atoms with Crippen LogP contribution in [0.2, 0.25) is 0 Å². The molecule has 6 heteroatoms. The molecule has 1 aliphatic rings. The molecule has 1 aromatic rings. The van der Waals surface area contributed by atoms with Crippen molar-refractivity contribution in [3.05, 3.63) is 11.7 Å². The topological polar surface area (TPSA) is 62.5 Å². The van der Waals surface area contributed by atoms with Crippen LogP contribution < -0.4 is 0 Å². The van der Waals surface area contributed by atoms with Gasteiger partial charge in [-0.25, -0.2) is 0 Å². The average molecular weight is 280 g/mol. The summed E-state index contributed by atoms with van der Waals surface area (Å²) in [6, 6.07) is 0. The number of hydrogen-bond donors (Lipinski definition) is 0. The van der Waals surface area contributed by atoms with Crippen LogP contribution in [0.3, 0.4) is 0 Å². The summed E-state index contributed by atoms with van der Waals surface area (Å²) in [4.78, 5) is 20.0. The van der Waals surface area contributed by atoms with E-state index in [-0.39, 0.29) is 5.91 Å². The number of nitrogens with zero attached hydrogens (tertiary/aromatic N) is 4. The molecule has 0 unspecified atom stereocenters. The van der Waals surface area contributed by atoms with Gasteiger partial charge in [0.1, 0.15) is 0 Å². The molecule has 20 heavy (non-hydrogen) atoms. The van der Waals surface area contributed by atoms with E-state index in [0.717, 1.165) is 44.8 Å². The summed E-state index contributed by atoms with van der Waals surface area (Å²) >= 11 is 0. The second-order valence-corrected chi connectivity index (χ2v) is 5.84. The van der Waals surface area contributed by atoms with E-state index in [2.05, 4.69) is 28.9 Å². The van der Waals surface area contributed by atoms with Crippen LogP contribution in [0.25, 0.3) is 0 Å². The van der Waals surface area contributed by atoms with E-state index in [1.807, 2.05) is 4.90 Å². The van der Waals surface area contributed by atoms with Gasteiger partial charge in [-0.15, -0.1) is 0 Å². The number of hydrogen-bond acceptors (Lipinski definition) is 5. The van der Waals surface area contributed by atoms with E-state index >= 15 is 0 Å². The standard InChI is InChI=1S/C14H24N4O2/c1-11(2)9-13-15-14(20-16-13)10-17-5-4-6-18(8-7-17)12(3)19/h11H,4-10H2,1-3H3. The number of carbonyl (C=O) groups is 1. The molecule has 2 heterocycles. The van der Waals surface area contributed by atoms with Gasteiger partial charge >= 0.3 is 0 Å². The maximum Gasteiger partial charge on any atom is 0.240 e. The van der Waals surface area contributed by atoms with E-state index in [4.69, 9.17) is 4.52 Å². The molecule has 1 aliphatic heterocycles. The van der Waals surface area contributed by atoms with Gasteiger partial charge in [0.15, 0.2) is 5.82 Å². The van der Waals surface area contributed by atoms with E-state index < -0.39 is 0 Å². The highest BCUT2D eigenvalue weighted by atomic mass is 16.5. The zero-order chi connectivity index (χ0) is 14.5. The lowest BCUT2D eigenvalue weighted by atomic mass is 10.1. The second-order valence-electron chi connectivity index (χ2n) is 5.84. The molecule has 2 rings (SSSR count). The Morgan fingerprint density at radius 2 is 2.10 bits per heavy atom. The number of rotatable bonds is 4. The molecule has 0 aromatic carbocycles. The molecule has 0 radical (unpaired) electrons. The van der Waals surface area contributed by atoms with Gasteiger partial charge < -0.3 is 9.42 Å². The summed E-state index contributed by atoms with van der Waals surface area (Å²) in [6.07, 6.45) is 1.84. The lowest BCUT2D eigenvalue weighted by molar-refractivity contribution is -0.128. The van der Waals surface area contributed by atoms with E-state index in [9.17, 15) is 4.79 Å². The minimum atomic E-state index is 0.156. The molecule has 0 N–H and O–H groups in total. The molecule has 6 nitrogen and oxygen atoms in total. The van der Waals surface area contributed by atoms with Crippen LogP contribution in [-0.4, -0.2) is 52.0 Å². The summed E-state index contributed by atoms with van der Waals surface area (Å²) in [6.45, 7) is 10.0. The van der Waals surface area contributed by atoms with E-state index in [0.29, 0.717) is 18.4 Å². The van der Waals surface area contributed by atoms with Gasteiger partial charge in [-0.3, -0.25) is 9.69 Å². The fourth-order valence-electron chi connectivity index (χ4n) is 2.44. The van der Waals surface area contributed by atoms with Crippen LogP contribution in [0, 0.1) is 5.92 Å². The van der Waals surface area contributed by atoms with Crippen molar-refractivity contribution in [1.82, 2.24) is 19.9 Å². The van der Waals surface area contributed by atoms with Crippen LogP contribution in [0.5, 0.6) is 0 Å². The van der Waals surface area contributed by atoms with Gasteiger partial charge in [0.25, 0.3) is 0 Å². The van der Waals surface area contributed by atoms with Crippen molar-refractivity contribution >= 4 is 5.91 Å². The van der Waals surface area contributed by atoms with Gasteiger partial charge in [0.05, 0.1) is 6.54 Å². The van der Waals surface area contributed by atoms with Crippen molar-refractivity contribution in [3.8, 4) is 0 Å². The van der Waals surface area contributed by atoms with Gasteiger partial charge in [-0.05, 0) is 12.3 Å². The van der Waals surface area contributed by atoms with Crippen molar-refractivity contribution < 1.29 is 9.32 Å². The fourth-order valence-corrected chi connectivity index (χ4v) is 2.44. The first kappa shape index (κ1) is 15.0. The molecule has 0 aliphatic carbocycles. The Balaban J connectivity index is 1.86. The van der Waals surface area contributed by atoms with E-state index in [1.165, 1.54) is 0 Å². The first-order chi connectivity index (χ1) is 9.54. The SMILES string of the molecule is CC(=O)N1CCCN(Cc2nc(CC(C)C)no2)CC1. The maximum atomic E-state index is 11.4. The molecular weight excluding hydrogens is 256 g/mol. The van der Waals surface area contributed by atoms with E-state index in [1.54, 1.807) is 6.92 Å². The highest BCUT2D eigenvalue weighted by Crippen LogP contribution is 2.10. The van der Waals surface area contributed by atoms with Crippen LogP contribution in [-0.2, 0) is 17.8 Å². The third-order valence-corrected chi connectivity index (χ3v) is 3.49. The van der Waals surface area contributed by atoms with Crippen LogP contribution >= 0.6 is 0 Å². The largest absolute Gasteiger partial charge is 0.342 e. The Morgan fingerprint density at radius 3 is 2.80 bits per heavy atom. The Morgan fingerprint density at radius 1 is 1.30 bits per heavy atom. The normalized spacial score (nSPS) is 17.5. The Labute approximate surface area is 120 Å². The number of amides is 1.